The highest BCUT2D eigenvalue weighted by molar-refractivity contribution is 6.36. The van der Waals surface area contributed by atoms with Gasteiger partial charge < -0.3 is 4.57 Å². The number of nitrogens with zero attached hydrogens (tertiary/aromatic N) is 2. The average Bonchev–Trinajstić information content (AvgIpc) is 3.00. The number of aromatic nitrogens is 2. The van der Waals surface area contributed by atoms with Crippen LogP contribution < -0.4 is 0 Å². The van der Waals surface area contributed by atoms with Gasteiger partial charge in [-0.1, -0.05) is 53.5 Å². The standard InChI is InChI=1S/C17H12Cl2N2O/c18-14-5-6-15(16(19)9-14)12-1-3-13(4-2-12)17(22)10-21-8-7-20-11-21/h1-9,11H,10H2. The molecule has 0 saturated carbocycles. The zero-order valence-electron chi connectivity index (χ0n) is 11.5. The molecule has 0 aliphatic rings. The zero-order valence-corrected chi connectivity index (χ0v) is 13.1. The van der Waals surface area contributed by atoms with Gasteiger partial charge >= 0.3 is 0 Å². The van der Waals surface area contributed by atoms with Gasteiger partial charge in [0.25, 0.3) is 0 Å². The molecule has 0 atom stereocenters. The Labute approximate surface area is 138 Å². The molecule has 0 N–H and O–H groups in total. The predicted octanol–water partition coefficient (Wildman–Crippen LogP) is 4.74. The van der Waals surface area contributed by atoms with Crippen LogP contribution >= 0.6 is 23.2 Å². The molecule has 22 heavy (non-hydrogen) atoms. The van der Waals surface area contributed by atoms with Crippen LogP contribution in [0.1, 0.15) is 10.4 Å². The summed E-state index contributed by atoms with van der Waals surface area (Å²) in [5.74, 6) is 0.0340. The minimum absolute atomic E-state index is 0.0340. The number of ketones is 1. The lowest BCUT2D eigenvalue weighted by Crippen LogP contribution is -2.08. The Morgan fingerprint density at radius 2 is 1.86 bits per heavy atom. The fourth-order valence-corrected chi connectivity index (χ4v) is 2.71. The van der Waals surface area contributed by atoms with Gasteiger partial charge in [0.15, 0.2) is 5.78 Å². The molecular weight excluding hydrogens is 319 g/mol. The summed E-state index contributed by atoms with van der Waals surface area (Å²) in [6.07, 6.45) is 5.04. The second-order valence-corrected chi connectivity index (χ2v) is 5.70. The lowest BCUT2D eigenvalue weighted by atomic mass is 10.0. The van der Waals surface area contributed by atoms with E-state index < -0.39 is 0 Å². The third-order valence-corrected chi connectivity index (χ3v) is 3.88. The van der Waals surface area contributed by atoms with Gasteiger partial charge in [0.1, 0.15) is 0 Å². The molecule has 3 nitrogen and oxygen atoms in total. The van der Waals surface area contributed by atoms with E-state index in [-0.39, 0.29) is 12.3 Å². The second kappa shape index (κ2) is 6.34. The smallest absolute Gasteiger partial charge is 0.182 e. The topological polar surface area (TPSA) is 34.9 Å². The predicted molar refractivity (Wildman–Crippen MR) is 88.5 cm³/mol. The molecule has 0 bridgehead atoms. The molecule has 0 saturated heterocycles. The first-order chi connectivity index (χ1) is 10.6. The van der Waals surface area contributed by atoms with E-state index in [9.17, 15) is 4.79 Å². The number of hydrogen-bond acceptors (Lipinski definition) is 2. The molecule has 3 aromatic rings. The number of carbonyl (C=O) groups is 1. The van der Waals surface area contributed by atoms with Crippen molar-refractivity contribution in [1.29, 1.82) is 0 Å². The van der Waals surface area contributed by atoms with Crippen LogP contribution in [0.3, 0.4) is 0 Å². The van der Waals surface area contributed by atoms with Crippen molar-refractivity contribution in [3.05, 3.63) is 76.8 Å². The molecule has 1 aromatic heterocycles. The van der Waals surface area contributed by atoms with E-state index in [0.29, 0.717) is 15.6 Å². The van der Waals surface area contributed by atoms with Gasteiger partial charge in [-0.3, -0.25) is 4.79 Å². The molecule has 110 valence electrons. The van der Waals surface area contributed by atoms with E-state index in [1.807, 2.05) is 18.2 Å². The molecule has 3 rings (SSSR count). The van der Waals surface area contributed by atoms with Gasteiger partial charge in [-0.15, -0.1) is 0 Å². The van der Waals surface area contributed by atoms with Crippen molar-refractivity contribution >= 4 is 29.0 Å². The molecule has 0 aliphatic carbocycles. The van der Waals surface area contributed by atoms with E-state index in [2.05, 4.69) is 4.98 Å². The van der Waals surface area contributed by atoms with Crippen LogP contribution in [0.2, 0.25) is 10.0 Å². The highest BCUT2D eigenvalue weighted by atomic mass is 35.5. The fourth-order valence-electron chi connectivity index (χ4n) is 2.20. The summed E-state index contributed by atoms with van der Waals surface area (Å²) in [7, 11) is 0. The number of imidazole rings is 1. The number of Topliss-reactive ketones (excluding diaryl/α,β-unsaturated/α-hetero) is 1. The van der Waals surface area contributed by atoms with Crippen molar-refractivity contribution in [2.75, 3.05) is 0 Å². The lowest BCUT2D eigenvalue weighted by Gasteiger charge is -2.07. The molecule has 2 aromatic carbocycles. The largest absolute Gasteiger partial charge is 0.330 e. The first-order valence-corrected chi connectivity index (χ1v) is 7.43. The highest BCUT2D eigenvalue weighted by Gasteiger charge is 2.08. The maximum atomic E-state index is 12.2. The number of benzene rings is 2. The van der Waals surface area contributed by atoms with E-state index in [1.165, 1.54) is 0 Å². The number of halogens is 2. The van der Waals surface area contributed by atoms with Crippen molar-refractivity contribution in [2.45, 2.75) is 6.54 Å². The Hall–Kier alpha value is -2.10. The van der Waals surface area contributed by atoms with Crippen LogP contribution in [0, 0.1) is 0 Å². The number of carbonyl (C=O) groups excluding carboxylic acids is 1. The second-order valence-electron chi connectivity index (χ2n) is 4.86. The lowest BCUT2D eigenvalue weighted by molar-refractivity contribution is 0.0972. The van der Waals surface area contributed by atoms with Gasteiger partial charge in [0.2, 0.25) is 0 Å². The molecule has 0 unspecified atom stereocenters. The maximum Gasteiger partial charge on any atom is 0.182 e. The third-order valence-electron chi connectivity index (χ3n) is 3.33. The van der Waals surface area contributed by atoms with Gasteiger partial charge in [0, 0.05) is 33.6 Å². The Bertz CT molecular complexity index is 796. The zero-order chi connectivity index (χ0) is 15.5. The third kappa shape index (κ3) is 3.21. The van der Waals surface area contributed by atoms with Crippen molar-refractivity contribution in [3.8, 4) is 11.1 Å². The van der Waals surface area contributed by atoms with Gasteiger partial charge in [-0.05, 0) is 17.7 Å². The van der Waals surface area contributed by atoms with Gasteiger partial charge in [-0.2, -0.15) is 0 Å². The van der Waals surface area contributed by atoms with Crippen molar-refractivity contribution in [3.63, 3.8) is 0 Å². The first-order valence-electron chi connectivity index (χ1n) is 6.68. The van der Waals surface area contributed by atoms with Crippen LogP contribution in [0.15, 0.2) is 61.2 Å². The van der Waals surface area contributed by atoms with E-state index in [0.717, 1.165) is 11.1 Å². The Morgan fingerprint density at radius 1 is 1.09 bits per heavy atom. The molecule has 0 aliphatic heterocycles. The minimum Gasteiger partial charge on any atom is -0.330 e. The highest BCUT2D eigenvalue weighted by Crippen LogP contribution is 2.30. The van der Waals surface area contributed by atoms with Gasteiger partial charge in [0.05, 0.1) is 12.9 Å². The molecule has 5 heteroatoms. The van der Waals surface area contributed by atoms with Crippen LogP contribution in [0.25, 0.3) is 11.1 Å². The molecule has 1 heterocycles. The summed E-state index contributed by atoms with van der Waals surface area (Å²) in [4.78, 5) is 16.1. The Balaban J connectivity index is 1.81. The molecule has 0 fully saturated rings. The number of rotatable bonds is 4. The SMILES string of the molecule is O=C(Cn1ccnc1)c1ccc(-c2ccc(Cl)cc2Cl)cc1. The van der Waals surface area contributed by atoms with Crippen LogP contribution in [-0.4, -0.2) is 15.3 Å². The Kier molecular flexibility index (Phi) is 4.27. The van der Waals surface area contributed by atoms with E-state index in [4.69, 9.17) is 23.2 Å². The maximum absolute atomic E-state index is 12.2. The van der Waals surface area contributed by atoms with Crippen LogP contribution in [0.4, 0.5) is 0 Å². The quantitative estimate of drug-likeness (QED) is 0.647. The van der Waals surface area contributed by atoms with Gasteiger partial charge in [-0.25, -0.2) is 4.98 Å². The monoisotopic (exact) mass is 330 g/mol. The molecule has 0 amide bonds. The molecule has 0 spiro atoms. The van der Waals surface area contributed by atoms with Crippen LogP contribution in [-0.2, 0) is 6.54 Å². The summed E-state index contributed by atoms with van der Waals surface area (Å²) >= 11 is 12.1. The minimum atomic E-state index is 0.0340. The summed E-state index contributed by atoms with van der Waals surface area (Å²) in [5, 5.41) is 1.19. The van der Waals surface area contributed by atoms with Crippen molar-refractivity contribution in [1.82, 2.24) is 9.55 Å². The summed E-state index contributed by atoms with van der Waals surface area (Å²) in [5.41, 5.74) is 2.49. The van der Waals surface area contributed by atoms with Crippen LogP contribution in [0.5, 0.6) is 0 Å². The summed E-state index contributed by atoms with van der Waals surface area (Å²) in [6.45, 7) is 0.279. The van der Waals surface area contributed by atoms with Crippen molar-refractivity contribution < 1.29 is 4.79 Å². The number of hydrogen-bond donors (Lipinski definition) is 0. The normalized spacial score (nSPS) is 10.6. The summed E-state index contributed by atoms with van der Waals surface area (Å²) in [6, 6.07) is 12.7. The first kappa shape index (κ1) is 14.8. The summed E-state index contributed by atoms with van der Waals surface area (Å²) < 4.78 is 1.74. The molecular formula is C17H12Cl2N2O. The van der Waals surface area contributed by atoms with Crippen molar-refractivity contribution in [2.24, 2.45) is 0 Å². The molecule has 0 radical (unpaired) electrons. The fraction of sp³-hybridized carbons (Fsp3) is 0.0588. The average molecular weight is 331 g/mol. The van der Waals surface area contributed by atoms with E-state index in [1.54, 1.807) is 47.6 Å². The van der Waals surface area contributed by atoms with E-state index >= 15 is 0 Å². The Morgan fingerprint density at radius 3 is 2.50 bits per heavy atom.